The molecule has 1 aliphatic rings. The lowest BCUT2D eigenvalue weighted by molar-refractivity contribution is 0.0939. The molecule has 5 nitrogen and oxygen atoms in total. The normalized spacial score (nSPS) is 14.8. The van der Waals surface area contributed by atoms with Gasteiger partial charge in [-0.2, -0.15) is 0 Å². The smallest absolute Gasteiger partial charge is 0.203 e. The fourth-order valence-electron chi connectivity index (χ4n) is 3.67. The third-order valence-corrected chi connectivity index (χ3v) is 5.11. The van der Waals surface area contributed by atoms with Crippen LogP contribution in [0.1, 0.15) is 34.7 Å². The Morgan fingerprint density at radius 2 is 1.54 bits per heavy atom. The fraction of sp³-hybridized carbons (Fsp3) is 0.409. The Kier molecular flexibility index (Phi) is 8.15. The van der Waals surface area contributed by atoms with E-state index in [1.54, 1.807) is 33.5 Å². The number of carbonyl (C=O) groups excluding carboxylic acids is 1. The Morgan fingerprint density at radius 1 is 0.964 bits per heavy atom. The molecule has 6 heteroatoms. The number of halogens is 1. The number of nitrogens with zero attached hydrogens (tertiary/aromatic N) is 1. The number of hydrogen-bond donors (Lipinski definition) is 0. The molecule has 0 aliphatic carbocycles. The van der Waals surface area contributed by atoms with Crippen LogP contribution in [0.4, 0.5) is 0 Å². The zero-order valence-corrected chi connectivity index (χ0v) is 17.5. The second-order valence-electron chi connectivity index (χ2n) is 6.75. The van der Waals surface area contributed by atoms with Crippen LogP contribution in [0, 0.1) is 0 Å². The van der Waals surface area contributed by atoms with Crippen molar-refractivity contribution in [2.45, 2.75) is 18.8 Å². The minimum atomic E-state index is -0.230. The zero-order chi connectivity index (χ0) is 19.2. The Hall–Kier alpha value is -2.24. The van der Waals surface area contributed by atoms with Crippen molar-refractivity contribution in [1.29, 1.82) is 0 Å². The van der Waals surface area contributed by atoms with Gasteiger partial charge >= 0.3 is 0 Å². The number of Topliss-reactive ketones (excluding diaryl/α,β-unsaturated/α-hetero) is 1. The van der Waals surface area contributed by atoms with E-state index in [-0.39, 0.29) is 24.1 Å². The molecule has 0 radical (unpaired) electrons. The maximum atomic E-state index is 13.5. The molecule has 2 aromatic carbocycles. The molecule has 1 unspecified atom stereocenters. The summed E-state index contributed by atoms with van der Waals surface area (Å²) >= 11 is 0. The van der Waals surface area contributed by atoms with Crippen LogP contribution in [0.2, 0.25) is 0 Å². The molecule has 0 bridgehead atoms. The summed E-state index contributed by atoms with van der Waals surface area (Å²) in [5.74, 6) is 1.31. The van der Waals surface area contributed by atoms with E-state index in [0.29, 0.717) is 22.8 Å². The van der Waals surface area contributed by atoms with E-state index in [1.807, 2.05) is 30.3 Å². The van der Waals surface area contributed by atoms with Gasteiger partial charge in [-0.1, -0.05) is 30.3 Å². The van der Waals surface area contributed by atoms with Gasteiger partial charge in [-0.15, -0.1) is 12.4 Å². The van der Waals surface area contributed by atoms with Crippen molar-refractivity contribution < 1.29 is 19.0 Å². The van der Waals surface area contributed by atoms with Gasteiger partial charge < -0.3 is 19.1 Å². The number of ketones is 1. The van der Waals surface area contributed by atoms with Crippen LogP contribution in [0.15, 0.2) is 42.5 Å². The van der Waals surface area contributed by atoms with Gasteiger partial charge in [0, 0.05) is 12.1 Å². The van der Waals surface area contributed by atoms with Crippen molar-refractivity contribution in [2.75, 3.05) is 41.0 Å². The summed E-state index contributed by atoms with van der Waals surface area (Å²) in [4.78, 5) is 15.9. The van der Waals surface area contributed by atoms with Crippen LogP contribution in [0.25, 0.3) is 0 Å². The summed E-state index contributed by atoms with van der Waals surface area (Å²) in [5.41, 5.74) is 1.60. The molecule has 1 fully saturated rings. The SMILES string of the molecule is COc1cc(C(=O)C(CN2CCCC2)c2ccccc2)cc(OC)c1OC.Cl. The van der Waals surface area contributed by atoms with Crippen molar-refractivity contribution in [3.63, 3.8) is 0 Å². The molecular weight excluding hydrogens is 378 g/mol. The first-order valence-corrected chi connectivity index (χ1v) is 9.29. The van der Waals surface area contributed by atoms with E-state index in [9.17, 15) is 4.79 Å². The lowest BCUT2D eigenvalue weighted by atomic mass is 9.89. The fourth-order valence-corrected chi connectivity index (χ4v) is 3.67. The second-order valence-corrected chi connectivity index (χ2v) is 6.75. The molecule has 1 aliphatic heterocycles. The number of hydrogen-bond acceptors (Lipinski definition) is 5. The topological polar surface area (TPSA) is 48.0 Å². The van der Waals surface area contributed by atoms with Crippen LogP contribution in [0.3, 0.4) is 0 Å². The molecule has 3 rings (SSSR count). The number of ether oxygens (including phenoxy) is 3. The van der Waals surface area contributed by atoms with Crippen LogP contribution in [0.5, 0.6) is 17.2 Å². The Balaban J connectivity index is 0.00000280. The molecular formula is C22H28ClNO4. The van der Waals surface area contributed by atoms with E-state index in [0.717, 1.165) is 25.2 Å². The lowest BCUT2D eigenvalue weighted by Gasteiger charge is -2.23. The minimum Gasteiger partial charge on any atom is -0.493 e. The number of benzene rings is 2. The molecule has 2 aromatic rings. The molecule has 28 heavy (non-hydrogen) atoms. The van der Waals surface area contributed by atoms with Crippen molar-refractivity contribution >= 4 is 18.2 Å². The largest absolute Gasteiger partial charge is 0.493 e. The van der Waals surface area contributed by atoms with Crippen LogP contribution in [-0.4, -0.2) is 51.6 Å². The van der Waals surface area contributed by atoms with Gasteiger partial charge in [-0.3, -0.25) is 4.79 Å². The molecule has 0 saturated carbocycles. The lowest BCUT2D eigenvalue weighted by Crippen LogP contribution is -2.30. The predicted octanol–water partition coefficient (Wildman–Crippen LogP) is 4.20. The van der Waals surface area contributed by atoms with Crippen LogP contribution < -0.4 is 14.2 Å². The summed E-state index contributed by atoms with van der Waals surface area (Å²) in [5, 5.41) is 0. The first-order chi connectivity index (χ1) is 13.2. The summed E-state index contributed by atoms with van der Waals surface area (Å²) in [6.45, 7) is 2.82. The van der Waals surface area contributed by atoms with E-state index in [1.165, 1.54) is 12.8 Å². The first-order valence-electron chi connectivity index (χ1n) is 9.29. The van der Waals surface area contributed by atoms with E-state index >= 15 is 0 Å². The van der Waals surface area contributed by atoms with Gasteiger partial charge in [-0.05, 0) is 43.6 Å². The number of carbonyl (C=O) groups is 1. The summed E-state index contributed by atoms with van der Waals surface area (Å²) < 4.78 is 16.2. The molecule has 0 N–H and O–H groups in total. The Labute approximate surface area is 173 Å². The standard InChI is InChI=1S/C22H27NO4.ClH/c1-25-19-13-17(14-20(26-2)22(19)27-3)21(24)18(15-23-11-7-8-12-23)16-9-5-4-6-10-16;/h4-6,9-10,13-14,18H,7-8,11-12,15H2,1-3H3;1H. The molecule has 1 atom stereocenters. The average Bonchev–Trinajstić information content (AvgIpc) is 3.24. The maximum absolute atomic E-state index is 13.5. The van der Waals surface area contributed by atoms with Crippen molar-refractivity contribution in [3.8, 4) is 17.2 Å². The number of likely N-dealkylation sites (tertiary alicyclic amines) is 1. The van der Waals surface area contributed by atoms with Gasteiger partial charge in [0.1, 0.15) is 0 Å². The predicted molar refractivity (Wildman–Crippen MR) is 113 cm³/mol. The summed E-state index contributed by atoms with van der Waals surface area (Å²) in [6.07, 6.45) is 2.39. The van der Waals surface area contributed by atoms with Gasteiger partial charge in [-0.25, -0.2) is 0 Å². The van der Waals surface area contributed by atoms with Crippen molar-refractivity contribution in [3.05, 3.63) is 53.6 Å². The average molecular weight is 406 g/mol. The monoisotopic (exact) mass is 405 g/mol. The molecule has 0 spiro atoms. The van der Waals surface area contributed by atoms with Crippen molar-refractivity contribution in [1.82, 2.24) is 4.90 Å². The Bertz CT molecular complexity index is 750. The van der Waals surface area contributed by atoms with Gasteiger partial charge in [0.25, 0.3) is 0 Å². The number of methoxy groups -OCH3 is 3. The quantitative estimate of drug-likeness (QED) is 0.616. The van der Waals surface area contributed by atoms with E-state index < -0.39 is 0 Å². The Morgan fingerprint density at radius 3 is 2.04 bits per heavy atom. The first kappa shape index (κ1) is 22.1. The van der Waals surface area contributed by atoms with E-state index in [2.05, 4.69) is 4.90 Å². The highest BCUT2D eigenvalue weighted by atomic mass is 35.5. The zero-order valence-electron chi connectivity index (χ0n) is 16.6. The molecule has 0 aromatic heterocycles. The van der Waals surface area contributed by atoms with Crippen LogP contribution >= 0.6 is 12.4 Å². The van der Waals surface area contributed by atoms with Gasteiger partial charge in [0.05, 0.1) is 27.2 Å². The highest BCUT2D eigenvalue weighted by Crippen LogP contribution is 2.39. The molecule has 1 saturated heterocycles. The number of rotatable bonds is 8. The highest BCUT2D eigenvalue weighted by molar-refractivity contribution is 6.02. The third-order valence-electron chi connectivity index (χ3n) is 5.11. The molecule has 1 heterocycles. The molecule has 0 amide bonds. The minimum absolute atomic E-state index is 0. The maximum Gasteiger partial charge on any atom is 0.203 e. The highest BCUT2D eigenvalue weighted by Gasteiger charge is 2.28. The van der Waals surface area contributed by atoms with Crippen molar-refractivity contribution in [2.24, 2.45) is 0 Å². The van der Waals surface area contributed by atoms with Gasteiger partial charge in [0.2, 0.25) is 5.75 Å². The summed E-state index contributed by atoms with van der Waals surface area (Å²) in [7, 11) is 4.68. The van der Waals surface area contributed by atoms with Crippen LogP contribution in [-0.2, 0) is 0 Å². The third kappa shape index (κ3) is 4.78. The van der Waals surface area contributed by atoms with E-state index in [4.69, 9.17) is 14.2 Å². The second kappa shape index (κ2) is 10.3. The molecule has 152 valence electrons. The van der Waals surface area contributed by atoms with Gasteiger partial charge in [0.15, 0.2) is 17.3 Å². The summed E-state index contributed by atoms with van der Waals surface area (Å²) in [6, 6.07) is 13.5.